The van der Waals surface area contributed by atoms with E-state index < -0.39 is 45.2 Å². The minimum Gasteiger partial charge on any atom is -0.492 e. The SMILES string of the molecule is C=C(CO)C(=O)OCCCS(C)(C)c1cc(C2CCC(C3CCC(CCCCC)CC3)CC2)cc(S(C)(C)CCCOC(=O)C(=C)CO)c1OCC. The largest absolute Gasteiger partial charge is 0.492 e. The molecule has 0 unspecified atom stereocenters. The molecule has 0 aliphatic heterocycles. The van der Waals surface area contributed by atoms with Crippen molar-refractivity contribution < 1.29 is 34.0 Å². The summed E-state index contributed by atoms with van der Waals surface area (Å²) < 4.78 is 17.4. The number of esters is 2. The Kier molecular flexibility index (Phi) is 18.7. The second kappa shape index (κ2) is 21.8. The minimum absolute atomic E-state index is 0.0747. The number of unbranched alkanes of at least 4 members (excludes halogenated alkanes) is 2. The molecule has 3 rings (SSSR count). The van der Waals surface area contributed by atoms with Crippen LogP contribution in [0.3, 0.4) is 0 Å². The molecule has 2 saturated carbocycles. The number of carbonyl (C=O) groups excluding carboxylic acids is 2. The molecule has 0 amide bonds. The van der Waals surface area contributed by atoms with Gasteiger partial charge in [0, 0.05) is 9.79 Å². The topological polar surface area (TPSA) is 102 Å². The number of carbonyl (C=O) groups is 2. The third-order valence-corrected chi connectivity index (χ3v) is 17.2. The smallest absolute Gasteiger partial charge is 0.335 e. The van der Waals surface area contributed by atoms with Crippen LogP contribution in [0.25, 0.3) is 0 Å². The lowest BCUT2D eigenvalue weighted by molar-refractivity contribution is -0.140. The fourth-order valence-electron chi connectivity index (χ4n) is 8.22. The summed E-state index contributed by atoms with van der Waals surface area (Å²) >= 11 is 0. The van der Waals surface area contributed by atoms with Crippen LogP contribution in [0.2, 0.25) is 0 Å². The van der Waals surface area contributed by atoms with Crippen molar-refractivity contribution >= 4 is 32.0 Å². The van der Waals surface area contributed by atoms with E-state index in [1.807, 2.05) is 6.92 Å². The number of rotatable bonds is 22. The van der Waals surface area contributed by atoms with E-state index >= 15 is 0 Å². The van der Waals surface area contributed by atoms with Gasteiger partial charge in [-0.05, 0) is 136 Å². The van der Waals surface area contributed by atoms with Gasteiger partial charge in [0.15, 0.2) is 0 Å². The van der Waals surface area contributed by atoms with Gasteiger partial charge >= 0.3 is 11.9 Å². The second-order valence-corrected chi connectivity index (χ2v) is 24.0. The van der Waals surface area contributed by atoms with Crippen molar-refractivity contribution in [3.63, 3.8) is 0 Å². The van der Waals surface area contributed by atoms with Crippen LogP contribution in [0.15, 0.2) is 46.2 Å². The molecule has 52 heavy (non-hydrogen) atoms. The summed E-state index contributed by atoms with van der Waals surface area (Å²) in [4.78, 5) is 26.8. The van der Waals surface area contributed by atoms with Crippen LogP contribution < -0.4 is 4.74 Å². The molecule has 0 atom stereocenters. The Morgan fingerprint density at radius 1 is 0.712 bits per heavy atom. The molecule has 0 aromatic heterocycles. The van der Waals surface area contributed by atoms with Gasteiger partial charge in [-0.3, -0.25) is 0 Å². The monoisotopic (exact) mass is 764 g/mol. The van der Waals surface area contributed by atoms with Crippen molar-refractivity contribution in [1.82, 2.24) is 0 Å². The first kappa shape index (κ1) is 44.5. The van der Waals surface area contributed by atoms with Gasteiger partial charge < -0.3 is 24.4 Å². The van der Waals surface area contributed by atoms with Crippen molar-refractivity contribution in [2.24, 2.45) is 17.8 Å². The maximum Gasteiger partial charge on any atom is 0.335 e. The average Bonchev–Trinajstić information content (AvgIpc) is 3.14. The van der Waals surface area contributed by atoms with Gasteiger partial charge in [0.25, 0.3) is 0 Å². The van der Waals surface area contributed by atoms with E-state index in [4.69, 9.17) is 14.2 Å². The molecule has 2 N–H and O–H groups in total. The Bertz CT molecular complexity index is 1240. The quantitative estimate of drug-likeness (QED) is 0.0689. The lowest BCUT2D eigenvalue weighted by Crippen LogP contribution is -2.25. The molecule has 2 aliphatic carbocycles. The molecule has 1 aromatic carbocycles. The van der Waals surface area contributed by atoms with Crippen molar-refractivity contribution in [3.05, 3.63) is 42.0 Å². The molecule has 9 heteroatoms. The standard InChI is InChI=1S/C43H72O7S2/c1-9-11-12-15-34-16-18-35(19-17-34)36-20-22-37(23-21-36)38-28-39(51(5,6)26-13-24-49-42(46)32(3)30-44)41(48-10-2)40(29-38)52(7,8)27-14-25-50-43(47)33(4)31-45/h28-29,34-37,44-45H,3-4,9-27,30-31H2,1-2,5-8H3. The summed E-state index contributed by atoms with van der Waals surface area (Å²) in [6, 6.07) is 4.93. The predicted octanol–water partition coefficient (Wildman–Crippen LogP) is 9.56. The summed E-state index contributed by atoms with van der Waals surface area (Å²) in [5.74, 6) is 4.91. The summed E-state index contributed by atoms with van der Waals surface area (Å²) in [6.07, 6.45) is 27.1. The number of aliphatic hydroxyl groups is 2. The first-order valence-electron chi connectivity index (χ1n) is 19.9. The van der Waals surface area contributed by atoms with Crippen molar-refractivity contribution in [2.45, 2.75) is 119 Å². The molecule has 7 nitrogen and oxygen atoms in total. The van der Waals surface area contributed by atoms with Gasteiger partial charge in [-0.15, -0.1) is 0 Å². The second-order valence-electron chi connectivity index (χ2n) is 16.2. The Balaban J connectivity index is 1.83. The maximum atomic E-state index is 12.1. The van der Waals surface area contributed by atoms with E-state index in [2.05, 4.69) is 57.2 Å². The highest BCUT2D eigenvalue weighted by Crippen LogP contribution is 2.62. The molecule has 0 heterocycles. The Morgan fingerprint density at radius 2 is 1.17 bits per heavy atom. The maximum absolute atomic E-state index is 12.1. The highest BCUT2D eigenvalue weighted by Gasteiger charge is 2.34. The van der Waals surface area contributed by atoms with Crippen LogP contribution in [-0.4, -0.2) is 91.7 Å². The Labute approximate surface area is 319 Å². The highest BCUT2D eigenvalue weighted by atomic mass is 32.3. The summed E-state index contributed by atoms with van der Waals surface area (Å²) in [6.45, 7) is 11.9. The van der Waals surface area contributed by atoms with Crippen LogP contribution in [-0.2, 0) is 19.1 Å². The lowest BCUT2D eigenvalue weighted by atomic mass is 9.68. The molecule has 0 saturated heterocycles. The van der Waals surface area contributed by atoms with Gasteiger partial charge in [-0.25, -0.2) is 29.6 Å². The van der Waals surface area contributed by atoms with Gasteiger partial charge in [-0.2, -0.15) is 0 Å². The van der Waals surface area contributed by atoms with Gasteiger partial charge in [0.2, 0.25) is 0 Å². The molecule has 298 valence electrons. The molecular formula is C43H72O7S2. The predicted molar refractivity (Wildman–Crippen MR) is 221 cm³/mol. The molecule has 1 aromatic rings. The van der Waals surface area contributed by atoms with Gasteiger partial charge in [0.05, 0.1) is 44.2 Å². The molecule has 0 bridgehead atoms. The van der Waals surface area contributed by atoms with E-state index in [-0.39, 0.29) is 24.4 Å². The van der Waals surface area contributed by atoms with Crippen LogP contribution in [0.5, 0.6) is 5.75 Å². The Morgan fingerprint density at radius 3 is 1.60 bits per heavy atom. The molecular weight excluding hydrogens is 693 g/mol. The van der Waals surface area contributed by atoms with Crippen LogP contribution >= 0.6 is 20.1 Å². The summed E-state index contributed by atoms with van der Waals surface area (Å²) in [7, 11) is -2.70. The van der Waals surface area contributed by atoms with E-state index in [1.165, 1.54) is 92.4 Å². The normalized spacial score (nSPS) is 21.6. The third-order valence-electron chi connectivity index (χ3n) is 11.6. The van der Waals surface area contributed by atoms with E-state index in [9.17, 15) is 19.8 Å². The molecule has 2 fully saturated rings. The fraction of sp³-hybridized carbons (Fsp3) is 0.721. The number of hydrogen-bond donors (Lipinski definition) is 2. The highest BCUT2D eigenvalue weighted by molar-refractivity contribution is 8.33. The molecule has 2 aliphatic rings. The number of ether oxygens (including phenoxy) is 3. The van der Waals surface area contributed by atoms with Crippen LogP contribution in [0.4, 0.5) is 0 Å². The van der Waals surface area contributed by atoms with Gasteiger partial charge in [0.1, 0.15) is 5.75 Å². The number of aliphatic hydroxyl groups excluding tert-OH is 2. The lowest BCUT2D eigenvalue weighted by Gasteiger charge is -2.41. The average molecular weight is 765 g/mol. The van der Waals surface area contributed by atoms with Crippen molar-refractivity contribution in [3.8, 4) is 5.75 Å². The van der Waals surface area contributed by atoms with Gasteiger partial charge in [-0.1, -0.05) is 58.6 Å². The van der Waals surface area contributed by atoms with E-state index in [1.54, 1.807) is 0 Å². The molecule has 0 radical (unpaired) electrons. The van der Waals surface area contributed by atoms with Crippen molar-refractivity contribution in [2.75, 3.05) is 69.6 Å². The van der Waals surface area contributed by atoms with E-state index in [0.717, 1.165) is 35.0 Å². The molecule has 0 spiro atoms. The number of benzene rings is 1. The third kappa shape index (κ3) is 13.1. The van der Waals surface area contributed by atoms with Crippen LogP contribution in [0, 0.1) is 17.8 Å². The zero-order valence-corrected chi connectivity index (χ0v) is 35.1. The Hall–Kier alpha value is -1.94. The van der Waals surface area contributed by atoms with E-state index in [0.29, 0.717) is 25.4 Å². The number of hydrogen-bond acceptors (Lipinski definition) is 7. The zero-order valence-electron chi connectivity index (χ0n) is 33.5. The first-order valence-corrected chi connectivity index (χ1v) is 25.2. The first-order chi connectivity index (χ1) is 24.8. The minimum atomic E-state index is -1.35. The van der Waals surface area contributed by atoms with Crippen LogP contribution in [0.1, 0.15) is 115 Å². The van der Waals surface area contributed by atoms with Crippen molar-refractivity contribution in [1.29, 1.82) is 0 Å². The zero-order chi connectivity index (χ0) is 38.3. The summed E-state index contributed by atoms with van der Waals surface area (Å²) in [5.41, 5.74) is 1.58. The fourth-order valence-corrected chi connectivity index (χ4v) is 12.7. The summed E-state index contributed by atoms with van der Waals surface area (Å²) in [5, 5.41) is 18.5.